The van der Waals surface area contributed by atoms with Gasteiger partial charge in [0.1, 0.15) is 0 Å². The van der Waals surface area contributed by atoms with Crippen molar-refractivity contribution in [3.8, 4) is 0 Å². The average molecular weight is 142 g/mol. The van der Waals surface area contributed by atoms with Crippen LogP contribution >= 0.6 is 12.6 Å². The molecule has 2 aliphatic rings. The molecule has 2 rings (SSSR count). The van der Waals surface area contributed by atoms with Gasteiger partial charge in [0, 0.05) is 0 Å². The second-order valence-electron chi connectivity index (χ2n) is 3.81. The first kappa shape index (κ1) is 6.09. The second kappa shape index (κ2) is 1.91. The maximum Gasteiger partial charge on any atom is -0.00411 e. The topological polar surface area (TPSA) is 0 Å². The lowest BCUT2D eigenvalue weighted by Gasteiger charge is -2.23. The first-order chi connectivity index (χ1) is 4.35. The Morgan fingerprint density at radius 3 is 2.22 bits per heavy atom. The van der Waals surface area contributed by atoms with E-state index in [0.717, 1.165) is 11.7 Å². The van der Waals surface area contributed by atoms with Crippen LogP contribution in [-0.2, 0) is 0 Å². The predicted octanol–water partition coefficient (Wildman–Crippen LogP) is 2.50. The first-order valence-corrected chi connectivity index (χ1v) is 4.59. The molecule has 2 saturated carbocycles. The van der Waals surface area contributed by atoms with Crippen LogP contribution in [-0.4, -0.2) is 5.75 Å². The third-order valence-corrected chi connectivity index (χ3v) is 3.89. The van der Waals surface area contributed by atoms with Crippen molar-refractivity contribution in [1.29, 1.82) is 0 Å². The van der Waals surface area contributed by atoms with Crippen LogP contribution in [0.3, 0.4) is 0 Å². The number of thiol groups is 1. The second-order valence-corrected chi connectivity index (χ2v) is 4.12. The highest BCUT2D eigenvalue weighted by Crippen LogP contribution is 2.54. The first-order valence-electron chi connectivity index (χ1n) is 3.96. The van der Waals surface area contributed by atoms with E-state index in [1.54, 1.807) is 0 Å². The predicted molar refractivity (Wildman–Crippen MR) is 42.9 cm³/mol. The maximum absolute atomic E-state index is 4.41. The molecular formula is C8H14S. The van der Waals surface area contributed by atoms with E-state index in [4.69, 9.17) is 0 Å². The molecule has 0 amide bonds. The van der Waals surface area contributed by atoms with Crippen molar-refractivity contribution in [2.75, 3.05) is 5.75 Å². The van der Waals surface area contributed by atoms with Gasteiger partial charge in [-0.05, 0) is 49.2 Å². The molecule has 2 aliphatic carbocycles. The van der Waals surface area contributed by atoms with Crippen molar-refractivity contribution in [2.24, 2.45) is 11.3 Å². The van der Waals surface area contributed by atoms with E-state index in [2.05, 4.69) is 12.6 Å². The molecule has 0 heterocycles. The number of rotatable bonds is 1. The Morgan fingerprint density at radius 1 is 1.33 bits per heavy atom. The molecule has 52 valence electrons. The minimum Gasteiger partial charge on any atom is -0.179 e. The van der Waals surface area contributed by atoms with E-state index in [1.807, 2.05) is 0 Å². The Morgan fingerprint density at radius 2 is 2.00 bits per heavy atom. The zero-order chi connectivity index (χ0) is 6.32. The molecule has 1 heteroatoms. The van der Waals surface area contributed by atoms with Gasteiger partial charge < -0.3 is 0 Å². The fourth-order valence-electron chi connectivity index (χ4n) is 2.53. The van der Waals surface area contributed by atoms with Gasteiger partial charge in [0.25, 0.3) is 0 Å². The maximum atomic E-state index is 4.41. The number of fused-ring (bicyclic) bond motifs is 2. The molecule has 0 saturated heterocycles. The number of hydrogen-bond acceptors (Lipinski definition) is 1. The molecule has 0 unspecified atom stereocenters. The largest absolute Gasteiger partial charge is 0.179 e. The molecule has 0 aromatic heterocycles. The molecule has 0 nitrogen and oxygen atoms in total. The zero-order valence-corrected chi connectivity index (χ0v) is 6.66. The van der Waals surface area contributed by atoms with Crippen LogP contribution in [0.25, 0.3) is 0 Å². The third kappa shape index (κ3) is 0.813. The zero-order valence-electron chi connectivity index (χ0n) is 5.77. The average Bonchev–Trinajstić information content (AvgIpc) is 2.46. The van der Waals surface area contributed by atoms with Gasteiger partial charge in [-0.1, -0.05) is 0 Å². The molecule has 0 aliphatic heterocycles. The molecule has 2 bridgehead atoms. The fraction of sp³-hybridized carbons (Fsp3) is 1.00. The van der Waals surface area contributed by atoms with Crippen LogP contribution in [0.5, 0.6) is 0 Å². The van der Waals surface area contributed by atoms with Gasteiger partial charge in [0.05, 0.1) is 0 Å². The van der Waals surface area contributed by atoms with Crippen molar-refractivity contribution in [2.45, 2.75) is 32.1 Å². The molecule has 0 atom stereocenters. The highest BCUT2D eigenvalue weighted by molar-refractivity contribution is 7.80. The third-order valence-electron chi connectivity index (χ3n) is 3.22. The van der Waals surface area contributed by atoms with Crippen LogP contribution in [0.1, 0.15) is 32.1 Å². The summed E-state index contributed by atoms with van der Waals surface area (Å²) in [6.45, 7) is 0. The summed E-state index contributed by atoms with van der Waals surface area (Å²) in [7, 11) is 0. The van der Waals surface area contributed by atoms with Crippen molar-refractivity contribution >= 4 is 12.6 Å². The van der Waals surface area contributed by atoms with Crippen molar-refractivity contribution in [1.82, 2.24) is 0 Å². The molecular weight excluding hydrogens is 128 g/mol. The Bertz CT molecular complexity index is 112. The van der Waals surface area contributed by atoms with Crippen LogP contribution in [0, 0.1) is 11.3 Å². The Balaban J connectivity index is 2.13. The molecule has 0 radical (unpaired) electrons. The standard InChI is InChI=1S/C8H14S/c9-6-8-3-1-7(5-8)2-4-8/h7,9H,1-6H2. The van der Waals surface area contributed by atoms with Crippen molar-refractivity contribution < 1.29 is 0 Å². The monoisotopic (exact) mass is 142 g/mol. The van der Waals surface area contributed by atoms with E-state index < -0.39 is 0 Å². The van der Waals surface area contributed by atoms with Crippen molar-refractivity contribution in [3.63, 3.8) is 0 Å². The van der Waals surface area contributed by atoms with Gasteiger partial charge in [-0.15, -0.1) is 0 Å². The highest BCUT2D eigenvalue weighted by atomic mass is 32.1. The van der Waals surface area contributed by atoms with Gasteiger partial charge in [-0.2, -0.15) is 12.6 Å². The minimum atomic E-state index is 0.716. The molecule has 2 fully saturated rings. The highest BCUT2D eigenvalue weighted by Gasteiger charge is 2.43. The van der Waals surface area contributed by atoms with Crippen molar-refractivity contribution in [3.05, 3.63) is 0 Å². The van der Waals surface area contributed by atoms with Crippen LogP contribution in [0.15, 0.2) is 0 Å². The summed E-state index contributed by atoms with van der Waals surface area (Å²) in [5.41, 5.74) is 0.716. The lowest BCUT2D eigenvalue weighted by atomic mass is 9.87. The number of hydrogen-bond donors (Lipinski definition) is 1. The van der Waals surface area contributed by atoms with E-state index in [9.17, 15) is 0 Å². The van der Waals surface area contributed by atoms with E-state index in [-0.39, 0.29) is 0 Å². The van der Waals surface area contributed by atoms with Gasteiger partial charge >= 0.3 is 0 Å². The van der Waals surface area contributed by atoms with Gasteiger partial charge in [-0.3, -0.25) is 0 Å². The van der Waals surface area contributed by atoms with Gasteiger partial charge in [-0.25, -0.2) is 0 Å². The van der Waals surface area contributed by atoms with Crippen LogP contribution < -0.4 is 0 Å². The summed E-state index contributed by atoms with van der Waals surface area (Å²) in [5, 5.41) is 0. The fourth-order valence-corrected chi connectivity index (χ4v) is 2.98. The smallest absolute Gasteiger partial charge is 0.00411 e. The van der Waals surface area contributed by atoms with Crippen LogP contribution in [0.4, 0.5) is 0 Å². The Labute approximate surface area is 62.4 Å². The molecule has 9 heavy (non-hydrogen) atoms. The SMILES string of the molecule is SCC12CCC(CC1)C2. The normalized spacial score (nSPS) is 48.3. The summed E-state index contributed by atoms with van der Waals surface area (Å²) >= 11 is 4.41. The van der Waals surface area contributed by atoms with E-state index in [0.29, 0.717) is 5.41 Å². The molecule has 0 spiro atoms. The molecule has 0 aromatic rings. The molecule has 0 N–H and O–H groups in total. The van der Waals surface area contributed by atoms with Gasteiger partial charge in [0.15, 0.2) is 0 Å². The lowest BCUT2D eigenvalue weighted by molar-refractivity contribution is 0.341. The summed E-state index contributed by atoms with van der Waals surface area (Å²) in [5.74, 6) is 2.24. The van der Waals surface area contributed by atoms with Gasteiger partial charge in [0.2, 0.25) is 0 Å². The Hall–Kier alpha value is 0.350. The quantitative estimate of drug-likeness (QED) is 0.534. The van der Waals surface area contributed by atoms with E-state index >= 15 is 0 Å². The summed E-state index contributed by atoms with van der Waals surface area (Å²) in [6.07, 6.45) is 7.44. The van der Waals surface area contributed by atoms with E-state index in [1.165, 1.54) is 32.1 Å². The Kier molecular flexibility index (Phi) is 1.29. The minimum absolute atomic E-state index is 0.716. The summed E-state index contributed by atoms with van der Waals surface area (Å²) in [6, 6.07) is 0. The van der Waals surface area contributed by atoms with Crippen LogP contribution in [0.2, 0.25) is 0 Å². The lowest BCUT2D eigenvalue weighted by Crippen LogP contribution is -2.15. The summed E-state index contributed by atoms with van der Waals surface area (Å²) < 4.78 is 0. The summed E-state index contributed by atoms with van der Waals surface area (Å²) in [4.78, 5) is 0. The molecule has 0 aromatic carbocycles.